The molecule has 2 heterocycles. The summed E-state index contributed by atoms with van der Waals surface area (Å²) in [7, 11) is 0. The fraction of sp³-hybridized carbons (Fsp3) is 0.364. The molecule has 2 fully saturated rings. The summed E-state index contributed by atoms with van der Waals surface area (Å²) < 4.78 is 6.17. The minimum atomic E-state index is -0.703. The van der Waals surface area contributed by atoms with Crippen molar-refractivity contribution in [3.05, 3.63) is 65.7 Å². The summed E-state index contributed by atoms with van der Waals surface area (Å²) in [4.78, 5) is 27.6. The molecule has 1 spiro atoms. The van der Waals surface area contributed by atoms with Crippen LogP contribution >= 0.6 is 0 Å². The van der Waals surface area contributed by atoms with Gasteiger partial charge in [-0.25, -0.2) is 0 Å². The van der Waals surface area contributed by atoms with Crippen molar-refractivity contribution in [2.45, 2.75) is 36.8 Å². The van der Waals surface area contributed by atoms with Crippen molar-refractivity contribution in [2.24, 2.45) is 0 Å². The molecule has 5 rings (SSSR count). The number of hydrogen-bond donors (Lipinski definition) is 1. The second-order valence-electron chi connectivity index (χ2n) is 7.79. The summed E-state index contributed by atoms with van der Waals surface area (Å²) in [6, 6.07) is 17.4. The summed E-state index contributed by atoms with van der Waals surface area (Å²) in [5, 5.41) is 3.03. The Morgan fingerprint density at radius 3 is 2.30 bits per heavy atom. The van der Waals surface area contributed by atoms with E-state index in [0.717, 1.165) is 18.4 Å². The number of fused-ring (bicyclic) bond motifs is 1. The van der Waals surface area contributed by atoms with Gasteiger partial charge in [-0.3, -0.25) is 9.59 Å². The van der Waals surface area contributed by atoms with Gasteiger partial charge in [-0.05, 0) is 30.5 Å². The Hall–Kier alpha value is -2.82. The lowest BCUT2D eigenvalue weighted by Crippen LogP contribution is -2.62. The Morgan fingerprint density at radius 2 is 1.59 bits per heavy atom. The van der Waals surface area contributed by atoms with Crippen molar-refractivity contribution in [3.63, 3.8) is 0 Å². The van der Waals surface area contributed by atoms with Gasteiger partial charge >= 0.3 is 0 Å². The standard InChI is InChI=1S/C22H22N2O3/c25-19-17-8-4-5-9-18(17)27-22(23-19)12-14-24(15-13-22)20(26)21(10-11-21)16-6-2-1-3-7-16/h1-9H,10-15H2,(H,23,25). The number of ether oxygens (including phenoxy) is 1. The van der Waals surface area contributed by atoms with E-state index in [1.54, 1.807) is 6.07 Å². The van der Waals surface area contributed by atoms with Crippen LogP contribution in [0.5, 0.6) is 5.75 Å². The molecular weight excluding hydrogens is 340 g/mol. The van der Waals surface area contributed by atoms with Crippen LogP contribution in [0.25, 0.3) is 0 Å². The Kier molecular flexibility index (Phi) is 3.54. The molecule has 1 saturated heterocycles. The highest BCUT2D eigenvalue weighted by Crippen LogP contribution is 2.50. The van der Waals surface area contributed by atoms with Gasteiger partial charge in [0, 0.05) is 25.9 Å². The van der Waals surface area contributed by atoms with E-state index in [4.69, 9.17) is 4.74 Å². The van der Waals surface area contributed by atoms with Crippen molar-refractivity contribution in [1.29, 1.82) is 0 Å². The molecule has 3 aliphatic rings. The number of likely N-dealkylation sites (tertiary alicyclic amines) is 1. The van der Waals surface area contributed by atoms with Crippen LogP contribution in [0.1, 0.15) is 41.6 Å². The Bertz CT molecular complexity index is 897. The van der Waals surface area contributed by atoms with Gasteiger partial charge in [0.05, 0.1) is 11.0 Å². The number of amides is 2. The molecule has 1 aliphatic carbocycles. The fourth-order valence-corrected chi connectivity index (χ4v) is 4.36. The number of benzene rings is 2. The van der Waals surface area contributed by atoms with E-state index < -0.39 is 5.72 Å². The first kappa shape index (κ1) is 16.4. The largest absolute Gasteiger partial charge is 0.467 e. The first-order valence-electron chi connectivity index (χ1n) is 9.57. The zero-order valence-corrected chi connectivity index (χ0v) is 15.1. The molecule has 2 aromatic rings. The molecule has 5 nitrogen and oxygen atoms in total. The molecule has 27 heavy (non-hydrogen) atoms. The van der Waals surface area contributed by atoms with Gasteiger partial charge in [0.1, 0.15) is 5.75 Å². The maximum atomic E-state index is 13.2. The van der Waals surface area contributed by atoms with Gasteiger partial charge in [0.2, 0.25) is 5.91 Å². The summed E-state index contributed by atoms with van der Waals surface area (Å²) in [5.41, 5.74) is 0.648. The zero-order chi connectivity index (χ0) is 18.5. The lowest BCUT2D eigenvalue weighted by Gasteiger charge is -2.45. The Balaban J connectivity index is 1.31. The zero-order valence-electron chi connectivity index (χ0n) is 15.1. The molecule has 0 atom stereocenters. The summed E-state index contributed by atoms with van der Waals surface area (Å²) in [6.07, 6.45) is 3.03. The highest BCUT2D eigenvalue weighted by atomic mass is 16.5. The predicted octanol–water partition coefficient (Wildman–Crippen LogP) is 2.86. The maximum absolute atomic E-state index is 13.2. The van der Waals surface area contributed by atoms with Gasteiger partial charge < -0.3 is 15.0 Å². The van der Waals surface area contributed by atoms with Gasteiger partial charge in [-0.1, -0.05) is 42.5 Å². The van der Waals surface area contributed by atoms with E-state index in [1.165, 1.54) is 0 Å². The van der Waals surface area contributed by atoms with Crippen LogP contribution in [0.3, 0.4) is 0 Å². The van der Waals surface area contributed by atoms with E-state index in [1.807, 2.05) is 41.3 Å². The molecule has 138 valence electrons. The van der Waals surface area contributed by atoms with Gasteiger partial charge in [0.15, 0.2) is 5.72 Å². The normalized spacial score (nSPS) is 21.8. The van der Waals surface area contributed by atoms with Crippen molar-refractivity contribution in [1.82, 2.24) is 10.2 Å². The predicted molar refractivity (Wildman–Crippen MR) is 100 cm³/mol. The van der Waals surface area contributed by atoms with Crippen LogP contribution in [-0.2, 0) is 10.2 Å². The average Bonchev–Trinajstić information content (AvgIpc) is 3.51. The van der Waals surface area contributed by atoms with Crippen LogP contribution in [0.4, 0.5) is 0 Å². The Labute approximate surface area is 158 Å². The van der Waals surface area contributed by atoms with Crippen LogP contribution in [0.2, 0.25) is 0 Å². The monoisotopic (exact) mass is 362 g/mol. The lowest BCUT2D eigenvalue weighted by molar-refractivity contribution is -0.138. The number of piperidine rings is 1. The van der Waals surface area contributed by atoms with Gasteiger partial charge in [0.25, 0.3) is 5.91 Å². The molecule has 1 saturated carbocycles. The number of nitrogens with one attached hydrogen (secondary N) is 1. The number of nitrogens with zero attached hydrogens (tertiary/aromatic N) is 1. The summed E-state index contributed by atoms with van der Waals surface area (Å²) >= 11 is 0. The smallest absolute Gasteiger partial charge is 0.258 e. The van der Waals surface area contributed by atoms with Crippen LogP contribution < -0.4 is 10.1 Å². The topological polar surface area (TPSA) is 58.6 Å². The van der Waals surface area contributed by atoms with Gasteiger partial charge in [-0.2, -0.15) is 0 Å². The first-order valence-corrected chi connectivity index (χ1v) is 9.57. The van der Waals surface area contributed by atoms with E-state index >= 15 is 0 Å². The number of carbonyl (C=O) groups excluding carboxylic acids is 2. The molecular formula is C22H22N2O3. The molecule has 0 bridgehead atoms. The third-order valence-electron chi connectivity index (χ3n) is 6.12. The quantitative estimate of drug-likeness (QED) is 0.894. The molecule has 0 radical (unpaired) electrons. The van der Waals surface area contributed by atoms with Crippen molar-refractivity contribution in [2.75, 3.05) is 13.1 Å². The molecule has 2 aromatic carbocycles. The summed E-state index contributed by atoms with van der Waals surface area (Å²) in [5.74, 6) is 0.745. The number of carbonyl (C=O) groups is 2. The van der Waals surface area contributed by atoms with Crippen LogP contribution in [0, 0.1) is 0 Å². The highest BCUT2D eigenvalue weighted by molar-refractivity contribution is 5.98. The molecule has 1 N–H and O–H groups in total. The van der Waals surface area contributed by atoms with Crippen molar-refractivity contribution >= 4 is 11.8 Å². The highest BCUT2D eigenvalue weighted by Gasteiger charge is 2.54. The van der Waals surface area contributed by atoms with E-state index in [2.05, 4.69) is 17.4 Å². The minimum Gasteiger partial charge on any atom is -0.467 e. The lowest BCUT2D eigenvalue weighted by atomic mass is 9.91. The molecule has 0 aromatic heterocycles. The van der Waals surface area contributed by atoms with Crippen molar-refractivity contribution in [3.8, 4) is 5.75 Å². The third-order valence-corrected chi connectivity index (χ3v) is 6.12. The number of para-hydroxylation sites is 1. The van der Waals surface area contributed by atoms with Crippen molar-refractivity contribution < 1.29 is 14.3 Å². The van der Waals surface area contributed by atoms with Crippen LogP contribution in [0.15, 0.2) is 54.6 Å². The Morgan fingerprint density at radius 1 is 0.926 bits per heavy atom. The second kappa shape index (κ2) is 5.84. The van der Waals surface area contributed by atoms with E-state index in [-0.39, 0.29) is 17.2 Å². The average molecular weight is 362 g/mol. The van der Waals surface area contributed by atoms with E-state index in [0.29, 0.717) is 37.2 Å². The van der Waals surface area contributed by atoms with E-state index in [9.17, 15) is 9.59 Å². The molecule has 2 amide bonds. The SMILES string of the molecule is O=C1NC2(CCN(C(=O)C3(c4ccccc4)CC3)CC2)Oc2ccccc21. The van der Waals surface area contributed by atoms with Gasteiger partial charge in [-0.15, -0.1) is 0 Å². The molecule has 0 unspecified atom stereocenters. The minimum absolute atomic E-state index is 0.0976. The second-order valence-corrected chi connectivity index (χ2v) is 7.79. The molecule has 5 heteroatoms. The van der Waals surface area contributed by atoms with Crippen LogP contribution in [-0.4, -0.2) is 35.5 Å². The number of rotatable bonds is 2. The number of hydrogen-bond acceptors (Lipinski definition) is 3. The fourth-order valence-electron chi connectivity index (χ4n) is 4.36. The maximum Gasteiger partial charge on any atom is 0.258 e. The first-order chi connectivity index (χ1) is 13.1. The third kappa shape index (κ3) is 2.60. The molecule has 2 aliphatic heterocycles. The summed E-state index contributed by atoms with van der Waals surface area (Å²) in [6.45, 7) is 1.19.